The maximum absolute atomic E-state index is 12.6. The van der Waals surface area contributed by atoms with Crippen LogP contribution in [0, 0.1) is 13.8 Å². The summed E-state index contributed by atoms with van der Waals surface area (Å²) in [5.74, 6) is 0.0139. The Labute approximate surface area is 183 Å². The number of carbonyl (C=O) groups is 3. The van der Waals surface area contributed by atoms with Crippen molar-refractivity contribution in [3.8, 4) is 11.5 Å². The van der Waals surface area contributed by atoms with Gasteiger partial charge >= 0.3 is 5.97 Å². The van der Waals surface area contributed by atoms with E-state index in [4.69, 9.17) is 18.7 Å². The van der Waals surface area contributed by atoms with Gasteiger partial charge < -0.3 is 24.1 Å². The minimum atomic E-state index is -0.692. The molecule has 0 spiro atoms. The minimum Gasteiger partial charge on any atom is -0.488 e. The van der Waals surface area contributed by atoms with Crippen LogP contribution in [0.2, 0.25) is 0 Å². The molecule has 4 rings (SSSR count). The molecular formula is C23H20N2O7. The molecule has 1 aliphatic rings. The van der Waals surface area contributed by atoms with Gasteiger partial charge in [0.1, 0.15) is 29.4 Å². The van der Waals surface area contributed by atoms with E-state index >= 15 is 0 Å². The van der Waals surface area contributed by atoms with Crippen LogP contribution in [0.4, 0.5) is 5.69 Å². The molecule has 3 aromatic rings. The SMILES string of the molecule is Cc1noc(C)c1COc1ccccc1C(=O)OCC(=O)c1ccc2c(c1)NC(=O)CO2. The first-order valence-electron chi connectivity index (χ1n) is 9.83. The van der Waals surface area contributed by atoms with Gasteiger partial charge in [0.05, 0.1) is 16.9 Å². The number of anilines is 1. The predicted octanol–water partition coefficient (Wildman–Crippen LogP) is 3.24. The molecule has 0 saturated heterocycles. The number of para-hydroxylation sites is 1. The molecule has 32 heavy (non-hydrogen) atoms. The van der Waals surface area contributed by atoms with E-state index < -0.39 is 18.4 Å². The number of hydrogen-bond acceptors (Lipinski definition) is 8. The molecular weight excluding hydrogens is 416 g/mol. The van der Waals surface area contributed by atoms with Crippen LogP contribution in [-0.4, -0.2) is 36.0 Å². The van der Waals surface area contributed by atoms with Crippen LogP contribution in [0.15, 0.2) is 47.0 Å². The van der Waals surface area contributed by atoms with Crippen LogP contribution in [0.5, 0.6) is 11.5 Å². The molecule has 2 aromatic carbocycles. The van der Waals surface area contributed by atoms with Crippen molar-refractivity contribution in [2.75, 3.05) is 18.5 Å². The number of hydrogen-bond donors (Lipinski definition) is 1. The molecule has 0 fully saturated rings. The highest BCUT2D eigenvalue weighted by Crippen LogP contribution is 2.29. The van der Waals surface area contributed by atoms with Crippen LogP contribution in [-0.2, 0) is 16.1 Å². The maximum atomic E-state index is 12.6. The summed E-state index contributed by atoms with van der Waals surface area (Å²) in [6, 6.07) is 11.2. The van der Waals surface area contributed by atoms with Crippen LogP contribution in [0.25, 0.3) is 0 Å². The normalized spacial score (nSPS) is 12.4. The van der Waals surface area contributed by atoms with Crippen molar-refractivity contribution in [2.45, 2.75) is 20.5 Å². The molecule has 9 nitrogen and oxygen atoms in total. The van der Waals surface area contributed by atoms with Crippen molar-refractivity contribution in [3.63, 3.8) is 0 Å². The third kappa shape index (κ3) is 4.46. The first kappa shape index (κ1) is 21.1. The highest BCUT2D eigenvalue weighted by Gasteiger charge is 2.20. The lowest BCUT2D eigenvalue weighted by atomic mass is 10.1. The van der Waals surface area contributed by atoms with Crippen molar-refractivity contribution in [1.29, 1.82) is 0 Å². The number of Topliss-reactive ketones (excluding diaryl/α,β-unsaturated/α-hetero) is 1. The number of fused-ring (bicyclic) bond motifs is 1. The van der Waals surface area contributed by atoms with Gasteiger partial charge in [0, 0.05) is 5.56 Å². The zero-order valence-corrected chi connectivity index (χ0v) is 17.5. The van der Waals surface area contributed by atoms with Gasteiger partial charge in [-0.15, -0.1) is 0 Å². The minimum absolute atomic E-state index is 0.0738. The number of amides is 1. The average Bonchev–Trinajstić information content (AvgIpc) is 3.12. The van der Waals surface area contributed by atoms with E-state index in [0.29, 0.717) is 28.6 Å². The second kappa shape index (κ2) is 8.93. The van der Waals surface area contributed by atoms with Crippen molar-refractivity contribution in [3.05, 3.63) is 70.6 Å². The van der Waals surface area contributed by atoms with Crippen molar-refractivity contribution in [2.24, 2.45) is 0 Å². The Morgan fingerprint density at radius 2 is 1.97 bits per heavy atom. The Morgan fingerprint density at radius 3 is 2.75 bits per heavy atom. The number of esters is 1. The molecule has 1 N–H and O–H groups in total. The Hall–Kier alpha value is -4.14. The number of aromatic nitrogens is 1. The van der Waals surface area contributed by atoms with Gasteiger partial charge in [0.25, 0.3) is 5.91 Å². The van der Waals surface area contributed by atoms with E-state index in [1.165, 1.54) is 6.07 Å². The molecule has 2 heterocycles. The Kier molecular flexibility index (Phi) is 5.89. The van der Waals surface area contributed by atoms with Gasteiger partial charge in [0.2, 0.25) is 0 Å². The average molecular weight is 436 g/mol. The molecule has 164 valence electrons. The standard InChI is InChI=1S/C23H20N2O7/c1-13-17(14(2)32-25-13)10-29-20-6-4-3-5-16(20)23(28)31-11-19(26)15-7-8-21-18(9-15)24-22(27)12-30-21/h3-9H,10-12H2,1-2H3,(H,24,27). The summed E-state index contributed by atoms with van der Waals surface area (Å²) in [5.41, 5.74) is 2.38. The third-order valence-electron chi connectivity index (χ3n) is 4.93. The molecule has 0 aliphatic carbocycles. The van der Waals surface area contributed by atoms with Gasteiger partial charge in [0.15, 0.2) is 19.0 Å². The molecule has 0 atom stereocenters. The van der Waals surface area contributed by atoms with E-state index in [-0.39, 0.29) is 30.2 Å². The van der Waals surface area contributed by atoms with E-state index in [2.05, 4.69) is 10.5 Å². The number of benzene rings is 2. The summed E-state index contributed by atoms with van der Waals surface area (Å²) in [6.45, 7) is 3.22. The van der Waals surface area contributed by atoms with Crippen LogP contribution in [0.3, 0.4) is 0 Å². The summed E-state index contributed by atoms with van der Waals surface area (Å²) in [5, 5.41) is 6.51. The fraction of sp³-hybridized carbons (Fsp3) is 0.217. The summed E-state index contributed by atoms with van der Waals surface area (Å²) >= 11 is 0. The first-order chi connectivity index (χ1) is 15.4. The maximum Gasteiger partial charge on any atom is 0.342 e. The second-order valence-electron chi connectivity index (χ2n) is 7.13. The topological polar surface area (TPSA) is 117 Å². The number of carbonyl (C=O) groups excluding carboxylic acids is 3. The van der Waals surface area contributed by atoms with Gasteiger partial charge in [-0.2, -0.15) is 0 Å². The van der Waals surface area contributed by atoms with E-state index in [1.54, 1.807) is 50.2 Å². The fourth-order valence-corrected chi connectivity index (χ4v) is 3.17. The lowest BCUT2D eigenvalue weighted by Crippen LogP contribution is -2.25. The van der Waals surface area contributed by atoms with Crippen molar-refractivity contribution < 1.29 is 33.1 Å². The monoisotopic (exact) mass is 436 g/mol. The molecule has 0 saturated carbocycles. The second-order valence-corrected chi connectivity index (χ2v) is 7.13. The third-order valence-corrected chi connectivity index (χ3v) is 4.93. The molecule has 0 unspecified atom stereocenters. The number of nitrogens with one attached hydrogen (secondary N) is 1. The number of rotatable bonds is 7. The zero-order valence-electron chi connectivity index (χ0n) is 17.5. The number of nitrogens with zero attached hydrogens (tertiary/aromatic N) is 1. The van der Waals surface area contributed by atoms with Crippen LogP contribution in [0.1, 0.15) is 37.7 Å². The van der Waals surface area contributed by atoms with Gasteiger partial charge in [-0.3, -0.25) is 9.59 Å². The fourth-order valence-electron chi connectivity index (χ4n) is 3.17. The number of aryl methyl sites for hydroxylation is 2. The van der Waals surface area contributed by atoms with Gasteiger partial charge in [-0.25, -0.2) is 4.79 Å². The molecule has 9 heteroatoms. The van der Waals surface area contributed by atoms with Crippen LogP contribution >= 0.6 is 0 Å². The number of ether oxygens (including phenoxy) is 3. The predicted molar refractivity (Wildman–Crippen MR) is 112 cm³/mol. The van der Waals surface area contributed by atoms with E-state index in [1.807, 2.05) is 0 Å². The summed E-state index contributed by atoms with van der Waals surface area (Å²) < 4.78 is 21.4. The highest BCUT2D eigenvalue weighted by molar-refractivity contribution is 6.02. The van der Waals surface area contributed by atoms with Crippen molar-refractivity contribution >= 4 is 23.3 Å². The van der Waals surface area contributed by atoms with E-state index in [0.717, 1.165) is 5.56 Å². The lowest BCUT2D eigenvalue weighted by molar-refractivity contribution is -0.118. The summed E-state index contributed by atoms with van der Waals surface area (Å²) in [6.07, 6.45) is 0. The smallest absolute Gasteiger partial charge is 0.342 e. The number of ketones is 1. The summed E-state index contributed by atoms with van der Waals surface area (Å²) in [7, 11) is 0. The largest absolute Gasteiger partial charge is 0.488 e. The molecule has 1 aromatic heterocycles. The molecule has 0 radical (unpaired) electrons. The molecule has 1 amide bonds. The highest BCUT2D eigenvalue weighted by atomic mass is 16.5. The van der Waals surface area contributed by atoms with Crippen molar-refractivity contribution in [1.82, 2.24) is 5.16 Å². The Morgan fingerprint density at radius 1 is 1.16 bits per heavy atom. The Balaban J connectivity index is 1.41. The molecule has 0 bridgehead atoms. The van der Waals surface area contributed by atoms with Crippen LogP contribution < -0.4 is 14.8 Å². The van der Waals surface area contributed by atoms with E-state index in [9.17, 15) is 14.4 Å². The summed E-state index contributed by atoms with van der Waals surface area (Å²) in [4.78, 5) is 36.6. The quantitative estimate of drug-likeness (QED) is 0.443. The Bertz CT molecular complexity index is 1180. The van der Waals surface area contributed by atoms with Gasteiger partial charge in [-0.1, -0.05) is 17.3 Å². The van der Waals surface area contributed by atoms with Gasteiger partial charge in [-0.05, 0) is 44.2 Å². The zero-order chi connectivity index (χ0) is 22.7. The first-order valence-corrected chi connectivity index (χ1v) is 9.83. The molecule has 1 aliphatic heterocycles. The lowest BCUT2D eigenvalue weighted by Gasteiger charge is -2.18.